The van der Waals surface area contributed by atoms with Crippen LogP contribution in [0.2, 0.25) is 0 Å². The molecule has 1 aromatic rings. The lowest BCUT2D eigenvalue weighted by Crippen LogP contribution is -2.11. The van der Waals surface area contributed by atoms with Crippen LogP contribution >= 0.6 is 28.3 Å². The van der Waals surface area contributed by atoms with Gasteiger partial charge in [-0.15, -0.1) is 12.4 Å². The first-order valence-corrected chi connectivity index (χ1v) is 5.85. The normalized spacial score (nSPS) is 12.0. The minimum Gasteiger partial charge on any atom is -0.330 e. The summed E-state index contributed by atoms with van der Waals surface area (Å²) in [4.78, 5) is 0. The van der Waals surface area contributed by atoms with E-state index in [9.17, 15) is 4.39 Å². The van der Waals surface area contributed by atoms with Crippen molar-refractivity contribution in [1.82, 2.24) is 0 Å². The molecule has 0 saturated carbocycles. The van der Waals surface area contributed by atoms with Gasteiger partial charge in [-0.2, -0.15) is 0 Å². The first kappa shape index (κ1) is 15.8. The second-order valence-electron chi connectivity index (χ2n) is 3.56. The van der Waals surface area contributed by atoms with Gasteiger partial charge >= 0.3 is 0 Å². The predicted octanol–water partition coefficient (Wildman–Crippen LogP) is 3.14. The van der Waals surface area contributed by atoms with Crippen LogP contribution < -0.4 is 11.5 Å². The zero-order valence-electron chi connectivity index (χ0n) is 8.96. The molecule has 0 fully saturated rings. The first-order valence-electron chi connectivity index (χ1n) is 5.05. The molecular formula is C11H17BrClFN2. The third-order valence-corrected chi connectivity index (χ3v) is 2.98. The smallest absolute Gasteiger partial charge is 0.137 e. The highest BCUT2D eigenvalue weighted by Crippen LogP contribution is 2.22. The van der Waals surface area contributed by atoms with Crippen molar-refractivity contribution in [2.24, 2.45) is 11.5 Å². The fraction of sp³-hybridized carbons (Fsp3) is 0.455. The lowest BCUT2D eigenvalue weighted by Gasteiger charge is -2.12. The Hall–Kier alpha value is -0.160. The molecule has 0 bridgehead atoms. The van der Waals surface area contributed by atoms with Crippen molar-refractivity contribution in [2.75, 3.05) is 6.54 Å². The fourth-order valence-corrected chi connectivity index (χ4v) is 1.66. The van der Waals surface area contributed by atoms with E-state index in [1.165, 1.54) is 6.07 Å². The summed E-state index contributed by atoms with van der Waals surface area (Å²) in [5, 5.41) is 0. The molecule has 4 N–H and O–H groups in total. The van der Waals surface area contributed by atoms with Gasteiger partial charge in [-0.1, -0.05) is 12.5 Å². The van der Waals surface area contributed by atoms with Gasteiger partial charge in [0, 0.05) is 6.04 Å². The topological polar surface area (TPSA) is 52.0 Å². The van der Waals surface area contributed by atoms with Crippen LogP contribution in [0.15, 0.2) is 22.7 Å². The molecule has 0 amide bonds. The first-order chi connectivity index (χ1) is 7.15. The minimum absolute atomic E-state index is 0. The minimum atomic E-state index is -0.262. The van der Waals surface area contributed by atoms with Gasteiger partial charge in [0.05, 0.1) is 4.47 Å². The summed E-state index contributed by atoms with van der Waals surface area (Å²) in [6, 6.07) is 4.92. The largest absolute Gasteiger partial charge is 0.330 e. The van der Waals surface area contributed by atoms with Gasteiger partial charge in [0.15, 0.2) is 0 Å². The Labute approximate surface area is 110 Å². The molecule has 0 aliphatic heterocycles. The summed E-state index contributed by atoms with van der Waals surface area (Å²) in [6.07, 6.45) is 2.79. The van der Waals surface area contributed by atoms with Gasteiger partial charge in [0.2, 0.25) is 0 Å². The summed E-state index contributed by atoms with van der Waals surface area (Å²) < 4.78 is 13.7. The van der Waals surface area contributed by atoms with E-state index in [1.54, 1.807) is 6.07 Å². The molecule has 2 nitrogen and oxygen atoms in total. The van der Waals surface area contributed by atoms with E-state index in [2.05, 4.69) is 15.9 Å². The van der Waals surface area contributed by atoms with Gasteiger partial charge in [-0.05, 0) is 53.0 Å². The van der Waals surface area contributed by atoms with Crippen molar-refractivity contribution in [3.8, 4) is 0 Å². The predicted molar refractivity (Wildman–Crippen MR) is 71.2 cm³/mol. The Kier molecular flexibility index (Phi) is 7.93. The molecule has 0 unspecified atom stereocenters. The van der Waals surface area contributed by atoms with Crippen molar-refractivity contribution in [1.29, 1.82) is 0 Å². The third-order valence-electron chi connectivity index (χ3n) is 2.34. The quantitative estimate of drug-likeness (QED) is 0.821. The monoisotopic (exact) mass is 310 g/mol. The van der Waals surface area contributed by atoms with Gasteiger partial charge < -0.3 is 11.5 Å². The summed E-state index contributed by atoms with van der Waals surface area (Å²) in [7, 11) is 0. The molecule has 0 saturated heterocycles. The molecule has 1 rings (SSSR count). The lowest BCUT2D eigenvalue weighted by atomic mass is 10.0. The number of nitrogens with two attached hydrogens (primary N) is 2. The van der Waals surface area contributed by atoms with Crippen LogP contribution in [-0.4, -0.2) is 6.54 Å². The summed E-state index contributed by atoms with van der Waals surface area (Å²) >= 11 is 3.11. The van der Waals surface area contributed by atoms with Crippen molar-refractivity contribution in [3.05, 3.63) is 34.1 Å². The molecule has 0 spiro atoms. The maximum absolute atomic E-state index is 13.2. The van der Waals surface area contributed by atoms with Crippen molar-refractivity contribution < 1.29 is 4.39 Å². The maximum atomic E-state index is 13.2. The lowest BCUT2D eigenvalue weighted by molar-refractivity contribution is 0.578. The van der Waals surface area contributed by atoms with Gasteiger partial charge in [-0.25, -0.2) is 4.39 Å². The molecule has 1 atom stereocenters. The Morgan fingerprint density at radius 3 is 2.56 bits per heavy atom. The number of halogens is 3. The summed E-state index contributed by atoms with van der Waals surface area (Å²) in [5.41, 5.74) is 12.2. The van der Waals surface area contributed by atoms with Crippen LogP contribution in [0.5, 0.6) is 0 Å². The van der Waals surface area contributed by atoms with Gasteiger partial charge in [0.1, 0.15) is 5.82 Å². The Morgan fingerprint density at radius 1 is 1.31 bits per heavy atom. The average Bonchev–Trinajstić information content (AvgIpc) is 2.22. The van der Waals surface area contributed by atoms with E-state index in [0.29, 0.717) is 11.0 Å². The Morgan fingerprint density at radius 2 is 2.00 bits per heavy atom. The van der Waals surface area contributed by atoms with Crippen LogP contribution in [0.25, 0.3) is 0 Å². The molecule has 0 aromatic heterocycles. The second kappa shape index (κ2) is 8.01. The van der Waals surface area contributed by atoms with E-state index in [-0.39, 0.29) is 24.3 Å². The zero-order valence-corrected chi connectivity index (χ0v) is 11.4. The van der Waals surface area contributed by atoms with Gasteiger partial charge in [-0.3, -0.25) is 0 Å². The second-order valence-corrected chi connectivity index (χ2v) is 4.42. The van der Waals surface area contributed by atoms with Crippen LogP contribution in [-0.2, 0) is 0 Å². The molecule has 1 aromatic carbocycles. The van der Waals surface area contributed by atoms with Crippen molar-refractivity contribution >= 4 is 28.3 Å². The van der Waals surface area contributed by atoms with E-state index < -0.39 is 0 Å². The third kappa shape index (κ3) is 4.78. The van der Waals surface area contributed by atoms with Crippen LogP contribution in [0, 0.1) is 5.82 Å². The molecule has 0 aliphatic carbocycles. The Balaban J connectivity index is 0.00000225. The van der Waals surface area contributed by atoms with Crippen LogP contribution in [0.3, 0.4) is 0 Å². The molecule has 5 heteroatoms. The number of benzene rings is 1. The number of hydrogen-bond acceptors (Lipinski definition) is 2. The van der Waals surface area contributed by atoms with Crippen LogP contribution in [0.4, 0.5) is 4.39 Å². The average molecular weight is 312 g/mol. The summed E-state index contributed by atoms with van der Waals surface area (Å²) in [5.74, 6) is -0.262. The standard InChI is InChI=1S/C11H16BrFN2.ClH/c12-9-5-4-8(7-10(9)13)11(15)3-1-2-6-14;/h4-5,7,11H,1-3,6,14-15H2;1H/t11-;/m0./s1. The van der Waals surface area contributed by atoms with E-state index in [4.69, 9.17) is 11.5 Å². The molecule has 0 radical (unpaired) electrons. The number of rotatable bonds is 5. The molecular weight excluding hydrogens is 294 g/mol. The molecule has 0 aliphatic rings. The number of hydrogen-bond donors (Lipinski definition) is 2. The molecule has 0 heterocycles. The SMILES string of the molecule is Cl.NCCCC[C@H](N)c1ccc(Br)c(F)c1. The van der Waals surface area contributed by atoms with E-state index in [0.717, 1.165) is 24.8 Å². The highest BCUT2D eigenvalue weighted by molar-refractivity contribution is 9.10. The maximum Gasteiger partial charge on any atom is 0.137 e. The molecule has 92 valence electrons. The van der Waals surface area contributed by atoms with Crippen molar-refractivity contribution in [3.63, 3.8) is 0 Å². The van der Waals surface area contributed by atoms with E-state index >= 15 is 0 Å². The Bertz CT molecular complexity index is 323. The zero-order chi connectivity index (χ0) is 11.3. The van der Waals surface area contributed by atoms with Crippen LogP contribution in [0.1, 0.15) is 30.9 Å². The highest BCUT2D eigenvalue weighted by atomic mass is 79.9. The number of unbranched alkanes of at least 4 members (excludes halogenated alkanes) is 1. The summed E-state index contributed by atoms with van der Waals surface area (Å²) in [6.45, 7) is 0.682. The van der Waals surface area contributed by atoms with Crippen molar-refractivity contribution in [2.45, 2.75) is 25.3 Å². The highest BCUT2D eigenvalue weighted by Gasteiger charge is 2.08. The molecule has 16 heavy (non-hydrogen) atoms. The van der Waals surface area contributed by atoms with Gasteiger partial charge in [0.25, 0.3) is 0 Å². The van der Waals surface area contributed by atoms with E-state index in [1.807, 2.05) is 6.07 Å². The fourth-order valence-electron chi connectivity index (χ4n) is 1.42.